The minimum atomic E-state index is 0.706. The van der Waals surface area contributed by atoms with E-state index < -0.39 is 0 Å². The summed E-state index contributed by atoms with van der Waals surface area (Å²) in [6.07, 6.45) is 5.19. The van der Waals surface area contributed by atoms with E-state index in [1.807, 2.05) is 18.5 Å². The summed E-state index contributed by atoms with van der Waals surface area (Å²) in [5, 5.41) is 0. The van der Waals surface area contributed by atoms with Gasteiger partial charge in [0.15, 0.2) is 0 Å². The van der Waals surface area contributed by atoms with Gasteiger partial charge in [-0.3, -0.25) is 4.98 Å². The summed E-state index contributed by atoms with van der Waals surface area (Å²) >= 11 is 0. The Bertz CT molecular complexity index is 338. The lowest BCUT2D eigenvalue weighted by Crippen LogP contribution is -2.40. The molecule has 1 aromatic rings. The Morgan fingerprint density at radius 3 is 3.07 bits per heavy atom. The van der Waals surface area contributed by atoms with Gasteiger partial charge in [-0.05, 0) is 31.5 Å². The lowest BCUT2D eigenvalue weighted by atomic mass is 10.0. The zero-order valence-electron chi connectivity index (χ0n) is 9.13. The fraction of sp³-hybridized carbons (Fsp3) is 0.583. The number of hydrogen-bond donors (Lipinski definition) is 0. The Balaban J connectivity index is 1.84. The first kappa shape index (κ1) is 9.16. The predicted molar refractivity (Wildman–Crippen MR) is 61.0 cm³/mol. The zero-order valence-corrected chi connectivity index (χ0v) is 9.13. The molecular weight excluding hydrogens is 186 g/mol. The highest BCUT2D eigenvalue weighted by Crippen LogP contribution is 2.32. The third-order valence-corrected chi connectivity index (χ3v) is 3.57. The van der Waals surface area contributed by atoms with Crippen molar-refractivity contribution in [3.05, 3.63) is 24.5 Å². The number of hydrogen-bond acceptors (Lipinski definition) is 3. The maximum atomic E-state index is 4.21. The Labute approximate surface area is 90.7 Å². The average molecular weight is 203 g/mol. The number of anilines is 1. The van der Waals surface area contributed by atoms with Crippen molar-refractivity contribution in [2.45, 2.75) is 12.5 Å². The summed E-state index contributed by atoms with van der Waals surface area (Å²) in [6, 6.07) is 4.91. The van der Waals surface area contributed by atoms with Crippen LogP contribution >= 0.6 is 0 Å². The number of pyridine rings is 1. The molecule has 0 saturated carbocycles. The second-order valence-corrected chi connectivity index (χ2v) is 4.84. The number of aromatic nitrogens is 1. The third-order valence-electron chi connectivity index (χ3n) is 3.57. The van der Waals surface area contributed by atoms with Gasteiger partial charge >= 0.3 is 0 Å². The molecule has 1 aromatic heterocycles. The molecule has 2 aliphatic rings. The van der Waals surface area contributed by atoms with E-state index in [0.29, 0.717) is 6.04 Å². The van der Waals surface area contributed by atoms with Gasteiger partial charge in [0.05, 0.1) is 11.9 Å². The fourth-order valence-corrected chi connectivity index (χ4v) is 3.03. The van der Waals surface area contributed by atoms with Gasteiger partial charge in [-0.25, -0.2) is 0 Å². The van der Waals surface area contributed by atoms with E-state index in [1.165, 1.54) is 31.7 Å². The van der Waals surface area contributed by atoms with Gasteiger partial charge in [-0.2, -0.15) is 0 Å². The molecule has 2 unspecified atom stereocenters. The summed E-state index contributed by atoms with van der Waals surface area (Å²) < 4.78 is 0. The molecule has 2 aliphatic heterocycles. The summed E-state index contributed by atoms with van der Waals surface area (Å²) in [5.41, 5.74) is 1.29. The van der Waals surface area contributed by atoms with Crippen molar-refractivity contribution in [2.75, 3.05) is 31.6 Å². The second-order valence-electron chi connectivity index (χ2n) is 4.84. The smallest absolute Gasteiger partial charge is 0.0555 e. The van der Waals surface area contributed by atoms with Crippen LogP contribution in [0.1, 0.15) is 6.42 Å². The van der Waals surface area contributed by atoms with Gasteiger partial charge in [-0.1, -0.05) is 0 Å². The number of likely N-dealkylation sites (N-methyl/N-ethyl adjacent to an activating group) is 1. The molecule has 0 aromatic carbocycles. The van der Waals surface area contributed by atoms with Crippen LogP contribution in [0.4, 0.5) is 5.69 Å². The topological polar surface area (TPSA) is 19.4 Å². The van der Waals surface area contributed by atoms with E-state index in [0.717, 1.165) is 5.92 Å². The molecule has 2 fully saturated rings. The first-order valence-electron chi connectivity index (χ1n) is 5.68. The van der Waals surface area contributed by atoms with Crippen molar-refractivity contribution in [1.82, 2.24) is 9.88 Å². The summed E-state index contributed by atoms with van der Waals surface area (Å²) in [4.78, 5) is 9.19. The predicted octanol–water partition coefficient (Wildman–Crippen LogP) is 1.22. The number of nitrogens with zero attached hydrogens (tertiary/aromatic N) is 3. The van der Waals surface area contributed by atoms with Gasteiger partial charge in [0.1, 0.15) is 0 Å². The van der Waals surface area contributed by atoms with E-state index in [4.69, 9.17) is 0 Å². The number of fused-ring (bicyclic) bond motifs is 2. The van der Waals surface area contributed by atoms with Gasteiger partial charge in [-0.15, -0.1) is 0 Å². The quantitative estimate of drug-likeness (QED) is 0.684. The average Bonchev–Trinajstić information content (AvgIpc) is 2.55. The van der Waals surface area contributed by atoms with Crippen molar-refractivity contribution < 1.29 is 0 Å². The fourth-order valence-electron chi connectivity index (χ4n) is 3.03. The van der Waals surface area contributed by atoms with Crippen LogP contribution in [0.15, 0.2) is 24.5 Å². The summed E-state index contributed by atoms with van der Waals surface area (Å²) in [5.74, 6) is 0.856. The minimum absolute atomic E-state index is 0.706. The van der Waals surface area contributed by atoms with Gasteiger partial charge in [0.25, 0.3) is 0 Å². The van der Waals surface area contributed by atoms with Crippen LogP contribution in [0.2, 0.25) is 0 Å². The molecule has 2 atom stereocenters. The zero-order chi connectivity index (χ0) is 10.3. The van der Waals surface area contributed by atoms with Crippen LogP contribution in [-0.4, -0.2) is 42.6 Å². The van der Waals surface area contributed by atoms with Crippen LogP contribution in [0, 0.1) is 5.92 Å². The SMILES string of the molecule is CN1CC2CC(C1)N(c1cccnc1)C2. The molecule has 15 heavy (non-hydrogen) atoms. The molecule has 2 saturated heterocycles. The maximum Gasteiger partial charge on any atom is 0.0555 e. The van der Waals surface area contributed by atoms with E-state index in [-0.39, 0.29) is 0 Å². The molecule has 0 radical (unpaired) electrons. The molecule has 0 N–H and O–H groups in total. The Hall–Kier alpha value is -1.09. The Morgan fingerprint density at radius 2 is 2.27 bits per heavy atom. The maximum absolute atomic E-state index is 4.21. The molecule has 80 valence electrons. The highest BCUT2D eigenvalue weighted by Gasteiger charge is 2.37. The van der Waals surface area contributed by atoms with E-state index >= 15 is 0 Å². The van der Waals surface area contributed by atoms with Crippen LogP contribution in [0.25, 0.3) is 0 Å². The molecule has 3 heteroatoms. The highest BCUT2D eigenvalue weighted by molar-refractivity contribution is 5.46. The first-order chi connectivity index (χ1) is 7.33. The third kappa shape index (κ3) is 1.61. The van der Waals surface area contributed by atoms with Gasteiger partial charge in [0.2, 0.25) is 0 Å². The van der Waals surface area contributed by atoms with Crippen molar-refractivity contribution >= 4 is 5.69 Å². The lowest BCUT2D eigenvalue weighted by molar-refractivity contribution is 0.235. The van der Waals surface area contributed by atoms with Gasteiger partial charge in [0, 0.05) is 31.9 Å². The molecule has 0 amide bonds. The van der Waals surface area contributed by atoms with Crippen molar-refractivity contribution in [3.8, 4) is 0 Å². The van der Waals surface area contributed by atoms with Crippen LogP contribution in [0.5, 0.6) is 0 Å². The molecule has 3 heterocycles. The molecular formula is C12H17N3. The normalized spacial score (nSPS) is 30.9. The molecule has 3 nitrogen and oxygen atoms in total. The number of likely N-dealkylation sites (tertiary alicyclic amines) is 1. The first-order valence-corrected chi connectivity index (χ1v) is 5.68. The molecule has 2 bridgehead atoms. The second kappa shape index (κ2) is 3.49. The number of piperidine rings is 1. The largest absolute Gasteiger partial charge is 0.366 e. The minimum Gasteiger partial charge on any atom is -0.366 e. The lowest BCUT2D eigenvalue weighted by Gasteiger charge is -2.30. The van der Waals surface area contributed by atoms with Gasteiger partial charge < -0.3 is 9.80 Å². The van der Waals surface area contributed by atoms with Crippen LogP contribution < -0.4 is 4.90 Å². The summed E-state index contributed by atoms with van der Waals surface area (Å²) in [7, 11) is 2.23. The Kier molecular flexibility index (Phi) is 2.13. The van der Waals surface area contributed by atoms with Crippen LogP contribution in [0.3, 0.4) is 0 Å². The van der Waals surface area contributed by atoms with Crippen molar-refractivity contribution in [3.63, 3.8) is 0 Å². The monoisotopic (exact) mass is 203 g/mol. The highest BCUT2D eigenvalue weighted by atomic mass is 15.3. The van der Waals surface area contributed by atoms with E-state index in [9.17, 15) is 0 Å². The van der Waals surface area contributed by atoms with Crippen LogP contribution in [-0.2, 0) is 0 Å². The Morgan fingerprint density at radius 1 is 1.33 bits per heavy atom. The van der Waals surface area contributed by atoms with Crippen molar-refractivity contribution in [1.29, 1.82) is 0 Å². The van der Waals surface area contributed by atoms with E-state index in [1.54, 1.807) is 0 Å². The molecule has 3 rings (SSSR count). The van der Waals surface area contributed by atoms with Crippen molar-refractivity contribution in [2.24, 2.45) is 5.92 Å². The molecule has 0 aliphatic carbocycles. The molecule has 0 spiro atoms. The number of rotatable bonds is 1. The summed E-state index contributed by atoms with van der Waals surface area (Å²) in [6.45, 7) is 3.67. The van der Waals surface area contributed by atoms with E-state index in [2.05, 4.69) is 27.9 Å². The standard InChI is InChI=1S/C12H17N3/c1-14-7-10-5-12(9-14)15(8-10)11-3-2-4-13-6-11/h2-4,6,10,12H,5,7-9H2,1H3.